The Hall–Kier alpha value is -2.50. The number of hydrogen-bond donors (Lipinski definition) is 0. The van der Waals surface area contributed by atoms with Gasteiger partial charge in [-0.1, -0.05) is 47.5 Å². The normalized spacial score (nSPS) is 11.0. The quantitative estimate of drug-likeness (QED) is 0.530. The van der Waals surface area contributed by atoms with Crippen molar-refractivity contribution in [2.24, 2.45) is 0 Å². The van der Waals surface area contributed by atoms with Crippen molar-refractivity contribution in [2.75, 3.05) is 0 Å². The Morgan fingerprint density at radius 1 is 0.739 bits per heavy atom. The van der Waals surface area contributed by atoms with Crippen LogP contribution in [0.15, 0.2) is 52.9 Å². The van der Waals surface area contributed by atoms with Gasteiger partial charge in [-0.2, -0.15) is 0 Å². The molecule has 4 rings (SSSR count). The molecule has 0 fully saturated rings. The van der Waals surface area contributed by atoms with Crippen molar-refractivity contribution < 1.29 is 4.42 Å². The first kappa shape index (κ1) is 14.1. The van der Waals surface area contributed by atoms with Crippen molar-refractivity contribution in [3.8, 4) is 23.0 Å². The number of halogens is 2. The van der Waals surface area contributed by atoms with Gasteiger partial charge in [0.05, 0.1) is 21.6 Å². The van der Waals surface area contributed by atoms with Gasteiger partial charge in [0.1, 0.15) is 0 Å². The Morgan fingerprint density at radius 3 is 2.17 bits per heavy atom. The highest BCUT2D eigenvalue weighted by Gasteiger charge is 2.17. The highest BCUT2D eigenvalue weighted by Crippen LogP contribution is 2.31. The highest BCUT2D eigenvalue weighted by molar-refractivity contribution is 6.33. The maximum atomic E-state index is 6.20. The zero-order valence-electron chi connectivity index (χ0n) is 11.6. The van der Waals surface area contributed by atoms with Crippen LogP contribution in [0.25, 0.3) is 34.1 Å². The van der Waals surface area contributed by atoms with Gasteiger partial charge in [-0.05, 0) is 24.3 Å². The summed E-state index contributed by atoms with van der Waals surface area (Å²) in [5.74, 6) is 0.500. The van der Waals surface area contributed by atoms with Crippen LogP contribution < -0.4 is 0 Å². The van der Waals surface area contributed by atoms with Gasteiger partial charge in [0, 0.05) is 0 Å². The van der Waals surface area contributed by atoms with Crippen LogP contribution in [0.2, 0.25) is 10.2 Å². The molecule has 0 aliphatic rings. The van der Waals surface area contributed by atoms with Crippen LogP contribution in [0.4, 0.5) is 0 Å². The molecule has 0 radical (unpaired) electrons. The molecule has 0 bridgehead atoms. The fraction of sp³-hybridized carbons (Fsp3) is 0. The summed E-state index contributed by atoms with van der Waals surface area (Å²) in [5, 5.41) is 8.76. The van der Waals surface area contributed by atoms with Crippen LogP contribution >= 0.6 is 23.2 Å². The third kappa shape index (κ3) is 2.54. The van der Waals surface area contributed by atoms with Crippen molar-refractivity contribution in [2.45, 2.75) is 0 Å². The molecule has 2 aromatic heterocycles. The first-order valence-electron chi connectivity index (χ1n) is 6.73. The zero-order valence-corrected chi connectivity index (χ0v) is 13.1. The van der Waals surface area contributed by atoms with Gasteiger partial charge in [-0.3, -0.25) is 0 Å². The van der Waals surface area contributed by atoms with Gasteiger partial charge in [0.25, 0.3) is 5.89 Å². The molecule has 5 nitrogen and oxygen atoms in total. The number of nitrogens with zero attached hydrogens (tertiary/aromatic N) is 4. The summed E-state index contributed by atoms with van der Waals surface area (Å²) >= 11 is 12.3. The van der Waals surface area contributed by atoms with E-state index in [0.29, 0.717) is 33.2 Å². The molecular formula is C16H8Cl2N4O. The van der Waals surface area contributed by atoms with Crippen LogP contribution in [0.3, 0.4) is 0 Å². The molecule has 0 unspecified atom stereocenters. The Morgan fingerprint density at radius 2 is 1.39 bits per heavy atom. The van der Waals surface area contributed by atoms with Crippen LogP contribution in [0.5, 0.6) is 0 Å². The largest absolute Gasteiger partial charge is 0.414 e. The Balaban J connectivity index is 1.83. The molecule has 0 saturated carbocycles. The van der Waals surface area contributed by atoms with Gasteiger partial charge >= 0.3 is 0 Å². The Labute approximate surface area is 140 Å². The summed E-state index contributed by atoms with van der Waals surface area (Å²) in [4.78, 5) is 8.75. The lowest BCUT2D eigenvalue weighted by Crippen LogP contribution is -1.91. The maximum Gasteiger partial charge on any atom is 0.269 e. The van der Waals surface area contributed by atoms with E-state index in [1.807, 2.05) is 36.4 Å². The molecule has 0 amide bonds. The van der Waals surface area contributed by atoms with E-state index in [-0.39, 0.29) is 11.0 Å². The van der Waals surface area contributed by atoms with E-state index >= 15 is 0 Å². The predicted octanol–water partition coefficient (Wildman–Crippen LogP) is 4.65. The molecule has 2 aromatic carbocycles. The van der Waals surface area contributed by atoms with Crippen molar-refractivity contribution >= 4 is 34.2 Å². The second kappa shape index (κ2) is 5.61. The molecule has 0 aliphatic heterocycles. The van der Waals surface area contributed by atoms with Crippen LogP contribution in [-0.2, 0) is 0 Å². The first-order chi connectivity index (χ1) is 11.2. The van der Waals surface area contributed by atoms with E-state index in [4.69, 9.17) is 27.6 Å². The molecule has 0 aliphatic carbocycles. The summed E-state index contributed by atoms with van der Waals surface area (Å²) in [6, 6.07) is 14.6. The van der Waals surface area contributed by atoms with Crippen molar-refractivity contribution in [1.82, 2.24) is 20.2 Å². The second-order valence-electron chi connectivity index (χ2n) is 4.74. The molecule has 0 N–H and O–H groups in total. The molecule has 23 heavy (non-hydrogen) atoms. The van der Waals surface area contributed by atoms with Crippen molar-refractivity contribution in [3.05, 3.63) is 58.7 Å². The third-order valence-electron chi connectivity index (χ3n) is 3.26. The first-order valence-corrected chi connectivity index (χ1v) is 7.49. The highest BCUT2D eigenvalue weighted by atomic mass is 35.5. The Kier molecular flexibility index (Phi) is 3.44. The van der Waals surface area contributed by atoms with Gasteiger partial charge < -0.3 is 4.42 Å². The molecule has 112 valence electrons. The number of aromatic nitrogens is 4. The average molecular weight is 343 g/mol. The lowest BCUT2D eigenvalue weighted by atomic mass is 10.2. The molecule has 0 saturated heterocycles. The minimum absolute atomic E-state index is 0.197. The summed E-state index contributed by atoms with van der Waals surface area (Å²) in [7, 11) is 0. The fourth-order valence-electron chi connectivity index (χ4n) is 2.18. The topological polar surface area (TPSA) is 64.7 Å². The Bertz CT molecular complexity index is 1020. The number of hydrogen-bond acceptors (Lipinski definition) is 5. The monoisotopic (exact) mass is 342 g/mol. The molecule has 0 spiro atoms. The van der Waals surface area contributed by atoms with Crippen LogP contribution in [-0.4, -0.2) is 20.2 Å². The maximum absolute atomic E-state index is 6.20. The summed E-state index contributed by atoms with van der Waals surface area (Å²) < 4.78 is 5.67. The van der Waals surface area contributed by atoms with E-state index in [9.17, 15) is 0 Å². The lowest BCUT2D eigenvalue weighted by molar-refractivity contribution is 0.582. The van der Waals surface area contributed by atoms with E-state index in [0.717, 1.165) is 0 Å². The number of fused-ring (bicyclic) bond motifs is 1. The summed E-state index contributed by atoms with van der Waals surface area (Å²) in [5.41, 5.74) is 2.39. The second-order valence-corrected chi connectivity index (χ2v) is 5.51. The van der Waals surface area contributed by atoms with Gasteiger partial charge in [-0.15, -0.1) is 10.2 Å². The summed E-state index contributed by atoms with van der Waals surface area (Å²) in [6.45, 7) is 0. The summed E-state index contributed by atoms with van der Waals surface area (Å²) in [6.07, 6.45) is 0. The minimum atomic E-state index is 0.197. The van der Waals surface area contributed by atoms with Gasteiger partial charge in [0.15, 0.2) is 10.8 Å². The van der Waals surface area contributed by atoms with Gasteiger partial charge in [-0.25, -0.2) is 9.97 Å². The minimum Gasteiger partial charge on any atom is -0.414 e. The number of para-hydroxylation sites is 2. The van der Waals surface area contributed by atoms with Crippen LogP contribution in [0, 0.1) is 0 Å². The number of benzene rings is 2. The van der Waals surface area contributed by atoms with E-state index in [1.54, 1.807) is 12.1 Å². The van der Waals surface area contributed by atoms with E-state index < -0.39 is 0 Å². The lowest BCUT2D eigenvalue weighted by Gasteiger charge is -2.01. The van der Waals surface area contributed by atoms with E-state index in [2.05, 4.69) is 20.2 Å². The smallest absolute Gasteiger partial charge is 0.269 e. The average Bonchev–Trinajstić information content (AvgIpc) is 3.04. The predicted molar refractivity (Wildman–Crippen MR) is 88.3 cm³/mol. The fourth-order valence-corrected chi connectivity index (χ4v) is 2.61. The van der Waals surface area contributed by atoms with Gasteiger partial charge in [0.2, 0.25) is 5.89 Å². The van der Waals surface area contributed by atoms with E-state index in [1.165, 1.54) is 0 Å². The molecule has 0 atom stereocenters. The molecular weight excluding hydrogens is 335 g/mol. The zero-order chi connectivity index (χ0) is 15.8. The molecule has 7 heteroatoms. The standard InChI is InChI=1S/C16H8Cl2N4O/c17-10-6-2-1-5-9(10)15-21-22-16(23-15)13-14(18)20-12-8-4-3-7-11(12)19-13/h1-8H. The molecule has 2 heterocycles. The van der Waals surface area contributed by atoms with Crippen molar-refractivity contribution in [1.29, 1.82) is 0 Å². The SMILES string of the molecule is Clc1ccccc1-c1nnc(-c2nc3ccccc3nc2Cl)o1. The third-order valence-corrected chi connectivity index (χ3v) is 3.85. The van der Waals surface area contributed by atoms with Crippen molar-refractivity contribution in [3.63, 3.8) is 0 Å². The molecule has 4 aromatic rings. The van der Waals surface area contributed by atoms with Crippen LogP contribution in [0.1, 0.15) is 0 Å². The number of rotatable bonds is 2.